The van der Waals surface area contributed by atoms with Crippen molar-refractivity contribution in [3.63, 3.8) is 0 Å². The molecule has 2 N–H and O–H groups in total. The number of nitriles is 1. The molecule has 0 amide bonds. The number of hydrogen-bond acceptors (Lipinski definition) is 3. The van der Waals surface area contributed by atoms with Gasteiger partial charge >= 0.3 is 0 Å². The van der Waals surface area contributed by atoms with Crippen molar-refractivity contribution in [2.45, 2.75) is 18.9 Å². The van der Waals surface area contributed by atoms with E-state index in [9.17, 15) is 0 Å². The number of aromatic nitrogens is 2. The van der Waals surface area contributed by atoms with Crippen molar-refractivity contribution in [3.8, 4) is 6.07 Å². The summed E-state index contributed by atoms with van der Waals surface area (Å²) >= 11 is 3.30. The van der Waals surface area contributed by atoms with Gasteiger partial charge in [0.15, 0.2) is 5.82 Å². The van der Waals surface area contributed by atoms with Gasteiger partial charge in [-0.1, -0.05) is 0 Å². The van der Waals surface area contributed by atoms with Gasteiger partial charge in [-0.05, 0) is 28.8 Å². The van der Waals surface area contributed by atoms with Crippen LogP contribution in [0, 0.1) is 17.2 Å². The molecule has 0 bridgehead atoms. The van der Waals surface area contributed by atoms with Crippen molar-refractivity contribution in [3.05, 3.63) is 10.7 Å². The minimum atomic E-state index is 0.203. The summed E-state index contributed by atoms with van der Waals surface area (Å²) in [6, 6.07) is 2.60. The fourth-order valence-corrected chi connectivity index (χ4v) is 1.77. The summed E-state index contributed by atoms with van der Waals surface area (Å²) in [5, 5.41) is 12.7. The van der Waals surface area contributed by atoms with Crippen LogP contribution in [0.15, 0.2) is 10.7 Å². The van der Waals surface area contributed by atoms with Crippen LogP contribution < -0.4 is 5.73 Å². The highest BCUT2D eigenvalue weighted by atomic mass is 79.9. The van der Waals surface area contributed by atoms with Gasteiger partial charge in [0.05, 0.1) is 22.5 Å². The summed E-state index contributed by atoms with van der Waals surface area (Å²) < 4.78 is 2.67. The number of hydrogen-bond donors (Lipinski definition) is 1. The zero-order valence-corrected chi connectivity index (χ0v) is 8.53. The average molecular weight is 241 g/mol. The molecular weight excluding hydrogens is 232 g/mol. The Morgan fingerprint density at radius 3 is 2.85 bits per heavy atom. The molecule has 0 aromatic carbocycles. The Bertz CT molecular complexity index is 339. The number of nitrogen functional groups attached to an aromatic ring is 1. The molecule has 1 aliphatic carbocycles. The second-order valence-corrected chi connectivity index (χ2v) is 4.15. The fraction of sp³-hybridized carbons (Fsp3) is 0.500. The van der Waals surface area contributed by atoms with Crippen molar-refractivity contribution in [1.29, 1.82) is 5.26 Å². The maximum atomic E-state index is 8.60. The monoisotopic (exact) mass is 240 g/mol. The van der Waals surface area contributed by atoms with Gasteiger partial charge in [0.1, 0.15) is 0 Å². The van der Waals surface area contributed by atoms with Crippen LogP contribution in [0.1, 0.15) is 18.9 Å². The van der Waals surface area contributed by atoms with E-state index >= 15 is 0 Å². The average Bonchev–Trinajstić information content (AvgIpc) is 2.30. The first-order chi connectivity index (χ1) is 6.20. The Balaban J connectivity index is 2.08. The van der Waals surface area contributed by atoms with Crippen LogP contribution in [0.25, 0.3) is 0 Å². The molecule has 5 heteroatoms. The molecular formula is C8H9BrN4. The zero-order chi connectivity index (χ0) is 9.42. The molecule has 1 aromatic heterocycles. The summed E-state index contributed by atoms with van der Waals surface area (Å²) in [6.07, 6.45) is 3.65. The molecule has 4 nitrogen and oxygen atoms in total. The highest BCUT2D eigenvalue weighted by Gasteiger charge is 2.31. The van der Waals surface area contributed by atoms with E-state index in [2.05, 4.69) is 27.1 Å². The van der Waals surface area contributed by atoms with E-state index in [1.165, 1.54) is 0 Å². The minimum Gasteiger partial charge on any atom is -0.381 e. The molecule has 13 heavy (non-hydrogen) atoms. The summed E-state index contributed by atoms with van der Waals surface area (Å²) in [6.45, 7) is 0. The van der Waals surface area contributed by atoms with E-state index < -0.39 is 0 Å². The zero-order valence-electron chi connectivity index (χ0n) is 6.94. The van der Waals surface area contributed by atoms with Crippen LogP contribution in [0.5, 0.6) is 0 Å². The predicted octanol–water partition coefficient (Wildman–Crippen LogP) is 1.70. The molecule has 0 aliphatic heterocycles. The van der Waals surface area contributed by atoms with E-state index in [1.54, 1.807) is 0 Å². The Kier molecular flexibility index (Phi) is 2.00. The maximum absolute atomic E-state index is 8.60. The van der Waals surface area contributed by atoms with Gasteiger partial charge in [0.25, 0.3) is 0 Å². The molecule has 0 spiro atoms. The molecule has 0 saturated heterocycles. The summed E-state index contributed by atoms with van der Waals surface area (Å²) in [5.41, 5.74) is 5.58. The standard InChI is InChI=1S/C8H9BrN4/c9-7-4-13(12-8(7)11)6-1-5(2-6)3-10/h4-6H,1-2H2,(H2,11,12). The highest BCUT2D eigenvalue weighted by Crippen LogP contribution is 2.37. The van der Waals surface area contributed by atoms with Crippen molar-refractivity contribution in [1.82, 2.24) is 9.78 Å². The van der Waals surface area contributed by atoms with Gasteiger partial charge in [0.2, 0.25) is 0 Å². The van der Waals surface area contributed by atoms with Crippen LogP contribution in [0.2, 0.25) is 0 Å². The van der Waals surface area contributed by atoms with E-state index in [-0.39, 0.29) is 5.92 Å². The van der Waals surface area contributed by atoms with Crippen molar-refractivity contribution < 1.29 is 0 Å². The number of halogens is 1. The van der Waals surface area contributed by atoms with Crippen molar-refractivity contribution >= 4 is 21.7 Å². The smallest absolute Gasteiger partial charge is 0.159 e. The van der Waals surface area contributed by atoms with Crippen molar-refractivity contribution in [2.75, 3.05) is 5.73 Å². The van der Waals surface area contributed by atoms with Crippen LogP contribution in [0.4, 0.5) is 5.82 Å². The van der Waals surface area contributed by atoms with Crippen LogP contribution in [0.3, 0.4) is 0 Å². The Labute approximate surface area is 84.5 Å². The first-order valence-electron chi connectivity index (χ1n) is 4.10. The molecule has 1 saturated carbocycles. The fourth-order valence-electron chi connectivity index (χ4n) is 1.48. The third kappa shape index (κ3) is 1.42. The van der Waals surface area contributed by atoms with E-state index in [0.717, 1.165) is 17.3 Å². The molecule has 1 aromatic rings. The quantitative estimate of drug-likeness (QED) is 0.813. The minimum absolute atomic E-state index is 0.203. The maximum Gasteiger partial charge on any atom is 0.159 e. The lowest BCUT2D eigenvalue weighted by Gasteiger charge is -2.30. The van der Waals surface area contributed by atoms with Gasteiger partial charge in [0, 0.05) is 6.20 Å². The molecule has 0 unspecified atom stereocenters. The SMILES string of the molecule is N#CC1CC(n2cc(Br)c(N)n2)C1. The third-order valence-corrected chi connectivity index (χ3v) is 2.99. The molecule has 2 rings (SSSR count). The number of nitrogens with zero attached hydrogens (tertiary/aromatic N) is 3. The summed E-state index contributed by atoms with van der Waals surface area (Å²) in [5.74, 6) is 0.717. The molecule has 1 aliphatic rings. The molecule has 0 radical (unpaired) electrons. The first-order valence-corrected chi connectivity index (χ1v) is 4.89. The Hall–Kier alpha value is -1.02. The lowest BCUT2D eigenvalue weighted by Crippen LogP contribution is -2.26. The lowest BCUT2D eigenvalue weighted by molar-refractivity contribution is 0.230. The van der Waals surface area contributed by atoms with Gasteiger partial charge in [-0.2, -0.15) is 10.4 Å². The van der Waals surface area contributed by atoms with Crippen LogP contribution >= 0.6 is 15.9 Å². The molecule has 1 fully saturated rings. The summed E-state index contributed by atoms with van der Waals surface area (Å²) in [4.78, 5) is 0. The normalized spacial score (nSPS) is 26.5. The van der Waals surface area contributed by atoms with Gasteiger partial charge in [-0.3, -0.25) is 4.68 Å². The second kappa shape index (κ2) is 3.04. The van der Waals surface area contributed by atoms with E-state index in [4.69, 9.17) is 11.0 Å². The van der Waals surface area contributed by atoms with Crippen LogP contribution in [-0.4, -0.2) is 9.78 Å². The lowest BCUT2D eigenvalue weighted by atomic mass is 9.81. The second-order valence-electron chi connectivity index (χ2n) is 3.29. The predicted molar refractivity (Wildman–Crippen MR) is 51.7 cm³/mol. The topological polar surface area (TPSA) is 67.6 Å². The number of nitrogens with two attached hydrogens (primary N) is 1. The Morgan fingerprint density at radius 2 is 2.38 bits per heavy atom. The van der Waals surface area contributed by atoms with Gasteiger partial charge < -0.3 is 5.73 Å². The van der Waals surface area contributed by atoms with Gasteiger partial charge in [-0.25, -0.2) is 0 Å². The molecule has 0 atom stereocenters. The van der Waals surface area contributed by atoms with Gasteiger partial charge in [-0.15, -0.1) is 0 Å². The first kappa shape index (κ1) is 8.57. The summed E-state index contributed by atoms with van der Waals surface area (Å²) in [7, 11) is 0. The largest absolute Gasteiger partial charge is 0.381 e. The van der Waals surface area contributed by atoms with Crippen LogP contribution in [-0.2, 0) is 0 Å². The van der Waals surface area contributed by atoms with E-state index in [1.807, 2.05) is 10.9 Å². The number of anilines is 1. The van der Waals surface area contributed by atoms with E-state index in [0.29, 0.717) is 11.9 Å². The molecule has 68 valence electrons. The Morgan fingerprint density at radius 1 is 1.69 bits per heavy atom. The highest BCUT2D eigenvalue weighted by molar-refractivity contribution is 9.10. The number of rotatable bonds is 1. The third-order valence-electron chi connectivity index (χ3n) is 2.38. The molecule has 1 heterocycles. The van der Waals surface area contributed by atoms with Crippen molar-refractivity contribution in [2.24, 2.45) is 5.92 Å².